The lowest BCUT2D eigenvalue weighted by Crippen LogP contribution is -2.38. The Hall–Kier alpha value is -4.45. The van der Waals surface area contributed by atoms with E-state index in [0.717, 1.165) is 0 Å². The number of para-hydroxylation sites is 1. The van der Waals surface area contributed by atoms with Gasteiger partial charge in [-0.3, -0.25) is 4.79 Å². The second-order valence-electron chi connectivity index (χ2n) is 7.78. The van der Waals surface area contributed by atoms with Crippen LogP contribution in [0.4, 0.5) is 0 Å². The van der Waals surface area contributed by atoms with E-state index < -0.39 is 11.5 Å². The van der Waals surface area contributed by atoms with E-state index in [1.54, 1.807) is 47.4 Å². The summed E-state index contributed by atoms with van der Waals surface area (Å²) in [5.74, 6) is -0.377. The average molecular weight is 476 g/mol. The summed E-state index contributed by atoms with van der Waals surface area (Å²) in [6.07, 6.45) is 0. The zero-order valence-electron chi connectivity index (χ0n) is 19.7. The fraction of sp³-hybridized carbons (Fsp3) is 0.269. The third-order valence-corrected chi connectivity index (χ3v) is 5.95. The summed E-state index contributed by atoms with van der Waals surface area (Å²) in [6, 6.07) is 13.9. The number of fused-ring (bicyclic) bond motifs is 3. The minimum atomic E-state index is -0.883. The lowest BCUT2D eigenvalue weighted by molar-refractivity contribution is -0.127. The van der Waals surface area contributed by atoms with Gasteiger partial charge >= 0.3 is 5.63 Å². The molecule has 180 valence electrons. The third-order valence-electron chi connectivity index (χ3n) is 5.95. The van der Waals surface area contributed by atoms with E-state index >= 15 is 0 Å². The minimum Gasteiger partial charge on any atom is -0.493 e. The molecule has 4 rings (SSSR count). The topological polar surface area (TPSA) is 128 Å². The number of rotatable bonds is 7. The van der Waals surface area contributed by atoms with Crippen molar-refractivity contribution in [2.45, 2.75) is 19.8 Å². The average Bonchev–Trinajstić information content (AvgIpc) is 2.87. The smallest absolute Gasteiger partial charge is 0.344 e. The third kappa shape index (κ3) is 4.15. The summed E-state index contributed by atoms with van der Waals surface area (Å²) < 4.78 is 22.4. The molecular weight excluding hydrogens is 450 g/mol. The number of likely N-dealkylation sites (N-methyl/N-ethyl adjacent to an activating group) is 1. The summed E-state index contributed by atoms with van der Waals surface area (Å²) in [5.41, 5.74) is 6.93. The molecule has 0 spiro atoms. The molecule has 2 heterocycles. The Bertz CT molecular complexity index is 1410. The van der Waals surface area contributed by atoms with Crippen LogP contribution in [0.5, 0.6) is 17.2 Å². The van der Waals surface area contributed by atoms with Crippen LogP contribution in [0, 0.1) is 11.3 Å². The lowest BCUT2D eigenvalue weighted by Gasteiger charge is -2.31. The fourth-order valence-electron chi connectivity index (χ4n) is 4.28. The van der Waals surface area contributed by atoms with Gasteiger partial charge in [-0.05, 0) is 43.7 Å². The Labute approximate surface area is 201 Å². The van der Waals surface area contributed by atoms with Crippen molar-refractivity contribution in [1.82, 2.24) is 4.90 Å². The van der Waals surface area contributed by atoms with Crippen LogP contribution in [-0.2, 0) is 4.79 Å². The molecule has 0 bridgehead atoms. The molecule has 35 heavy (non-hydrogen) atoms. The molecule has 0 aliphatic carbocycles. The van der Waals surface area contributed by atoms with Crippen molar-refractivity contribution < 1.29 is 23.4 Å². The van der Waals surface area contributed by atoms with Crippen molar-refractivity contribution in [3.05, 3.63) is 75.5 Å². The van der Waals surface area contributed by atoms with Gasteiger partial charge in [0.15, 0.2) is 23.9 Å². The van der Waals surface area contributed by atoms with E-state index in [1.807, 2.05) is 19.9 Å². The van der Waals surface area contributed by atoms with Crippen LogP contribution in [0.2, 0.25) is 0 Å². The molecule has 1 aliphatic heterocycles. The highest BCUT2D eigenvalue weighted by Gasteiger charge is 2.40. The first kappa shape index (κ1) is 23.7. The summed E-state index contributed by atoms with van der Waals surface area (Å²) in [7, 11) is 1.46. The number of carbonyl (C=O) groups is 1. The van der Waals surface area contributed by atoms with Crippen molar-refractivity contribution in [3.8, 4) is 23.3 Å². The molecule has 2 aromatic carbocycles. The lowest BCUT2D eigenvalue weighted by atomic mass is 9.82. The number of nitriles is 1. The van der Waals surface area contributed by atoms with Gasteiger partial charge in [-0.25, -0.2) is 4.79 Å². The van der Waals surface area contributed by atoms with Crippen molar-refractivity contribution >= 4 is 16.9 Å². The highest BCUT2D eigenvalue weighted by Crippen LogP contribution is 2.45. The number of ether oxygens (including phenoxy) is 3. The fourth-order valence-corrected chi connectivity index (χ4v) is 4.28. The maximum Gasteiger partial charge on any atom is 0.344 e. The Balaban J connectivity index is 1.99. The van der Waals surface area contributed by atoms with Crippen LogP contribution >= 0.6 is 0 Å². The zero-order valence-corrected chi connectivity index (χ0v) is 19.7. The molecule has 1 atom stereocenters. The molecule has 0 saturated heterocycles. The molecule has 0 fully saturated rings. The van der Waals surface area contributed by atoms with Crippen LogP contribution in [0.25, 0.3) is 11.0 Å². The van der Waals surface area contributed by atoms with Gasteiger partial charge in [0.1, 0.15) is 11.7 Å². The van der Waals surface area contributed by atoms with E-state index in [4.69, 9.17) is 29.6 Å². The molecule has 0 unspecified atom stereocenters. The Morgan fingerprint density at radius 2 is 1.91 bits per heavy atom. The number of benzene rings is 2. The summed E-state index contributed by atoms with van der Waals surface area (Å²) in [5, 5.41) is 9.42. The Morgan fingerprint density at radius 3 is 2.60 bits per heavy atom. The zero-order chi connectivity index (χ0) is 25.1. The largest absolute Gasteiger partial charge is 0.493 e. The van der Waals surface area contributed by atoms with E-state index in [9.17, 15) is 9.59 Å². The number of amides is 1. The number of hydrogen-bond acceptors (Lipinski definition) is 8. The maximum absolute atomic E-state index is 13.6. The number of nitrogens with two attached hydrogens (primary N) is 1. The molecule has 2 N–H and O–H groups in total. The predicted molar refractivity (Wildman–Crippen MR) is 128 cm³/mol. The van der Waals surface area contributed by atoms with E-state index in [2.05, 4.69) is 0 Å². The van der Waals surface area contributed by atoms with Crippen LogP contribution in [0.1, 0.15) is 30.9 Å². The molecule has 0 saturated carbocycles. The SMILES string of the molecule is CCN(CC)C(=O)C1=C(N)Oc2c(c(=O)oc3ccccc23)[C@@H]1c1ccc(OCC#N)c(OC)c1. The molecule has 3 aromatic rings. The molecule has 9 nitrogen and oxygen atoms in total. The first-order valence-electron chi connectivity index (χ1n) is 11.1. The Morgan fingerprint density at radius 1 is 1.17 bits per heavy atom. The summed E-state index contributed by atoms with van der Waals surface area (Å²) >= 11 is 0. The van der Waals surface area contributed by atoms with Gasteiger partial charge in [0.25, 0.3) is 5.91 Å². The standard InChI is InChI=1S/C26H25N3O6/c1-4-29(5-2)25(30)22-20(15-10-11-18(33-13-12-27)19(14-15)32-3)21-23(35-24(22)28)16-8-6-7-9-17(16)34-26(21)31/h6-11,14,20H,4-5,13,28H2,1-3H3/t20-/m0/s1. The van der Waals surface area contributed by atoms with Crippen molar-refractivity contribution in [3.63, 3.8) is 0 Å². The quantitative estimate of drug-likeness (QED) is 0.516. The van der Waals surface area contributed by atoms with Crippen LogP contribution < -0.4 is 25.6 Å². The number of hydrogen-bond donors (Lipinski definition) is 1. The second kappa shape index (κ2) is 9.81. The van der Waals surface area contributed by atoms with Gasteiger partial charge in [0, 0.05) is 13.1 Å². The molecule has 1 aliphatic rings. The Kier molecular flexibility index (Phi) is 6.64. The van der Waals surface area contributed by atoms with E-state index in [1.165, 1.54) is 7.11 Å². The molecular formula is C26H25N3O6. The maximum atomic E-state index is 13.6. The van der Waals surface area contributed by atoms with Crippen LogP contribution in [-0.4, -0.2) is 37.6 Å². The second-order valence-corrected chi connectivity index (χ2v) is 7.78. The number of methoxy groups -OCH3 is 1. The van der Waals surface area contributed by atoms with Gasteiger partial charge in [-0.1, -0.05) is 18.2 Å². The minimum absolute atomic E-state index is 0.0843. The number of nitrogens with zero attached hydrogens (tertiary/aromatic N) is 2. The van der Waals surface area contributed by atoms with Gasteiger partial charge in [-0.2, -0.15) is 5.26 Å². The van der Waals surface area contributed by atoms with Gasteiger partial charge < -0.3 is 29.3 Å². The predicted octanol–water partition coefficient (Wildman–Crippen LogP) is 3.27. The van der Waals surface area contributed by atoms with E-state index in [0.29, 0.717) is 41.1 Å². The van der Waals surface area contributed by atoms with Gasteiger partial charge in [0.2, 0.25) is 5.88 Å². The monoisotopic (exact) mass is 475 g/mol. The molecule has 9 heteroatoms. The highest BCUT2D eigenvalue weighted by atomic mass is 16.5. The molecule has 0 radical (unpaired) electrons. The number of carbonyl (C=O) groups excluding carboxylic acids is 1. The van der Waals surface area contributed by atoms with Crippen molar-refractivity contribution in [2.75, 3.05) is 26.8 Å². The van der Waals surface area contributed by atoms with Crippen LogP contribution in [0.15, 0.2) is 63.1 Å². The summed E-state index contributed by atoms with van der Waals surface area (Å²) in [4.78, 5) is 28.5. The first-order valence-corrected chi connectivity index (χ1v) is 11.1. The van der Waals surface area contributed by atoms with Gasteiger partial charge in [0.05, 0.1) is 29.6 Å². The van der Waals surface area contributed by atoms with Crippen molar-refractivity contribution in [2.24, 2.45) is 5.73 Å². The van der Waals surface area contributed by atoms with E-state index in [-0.39, 0.29) is 35.3 Å². The first-order chi connectivity index (χ1) is 16.9. The highest BCUT2D eigenvalue weighted by molar-refractivity contribution is 5.98. The normalized spacial score (nSPS) is 14.6. The van der Waals surface area contributed by atoms with Gasteiger partial charge in [-0.15, -0.1) is 0 Å². The van der Waals surface area contributed by atoms with Crippen molar-refractivity contribution in [1.29, 1.82) is 5.26 Å². The summed E-state index contributed by atoms with van der Waals surface area (Å²) in [6.45, 7) is 4.45. The molecule has 1 aromatic heterocycles. The molecule has 1 amide bonds. The van der Waals surface area contributed by atoms with Crippen LogP contribution in [0.3, 0.4) is 0 Å².